The number of anilines is 3. The van der Waals surface area contributed by atoms with Gasteiger partial charge in [0.1, 0.15) is 0 Å². The van der Waals surface area contributed by atoms with E-state index in [1.807, 2.05) is 0 Å². The predicted octanol–water partition coefficient (Wildman–Crippen LogP) is 16.7. The van der Waals surface area contributed by atoms with Crippen LogP contribution < -0.4 is 9.80 Å². The minimum absolute atomic E-state index is 0.0104. The lowest BCUT2D eigenvalue weighted by molar-refractivity contribution is 0.0446. The smallest absolute Gasteiger partial charge is 0.0568 e. The summed E-state index contributed by atoms with van der Waals surface area (Å²) in [5.74, 6) is 0. The molecule has 64 heavy (non-hydrogen) atoms. The number of fused-ring (bicyclic) bond motifs is 14. The van der Waals surface area contributed by atoms with Crippen LogP contribution in [0.5, 0.6) is 0 Å². The van der Waals surface area contributed by atoms with Crippen molar-refractivity contribution in [1.29, 1.82) is 0 Å². The fourth-order valence-electron chi connectivity index (χ4n) is 15.6. The highest BCUT2D eigenvalue weighted by Gasteiger charge is 2.65. The van der Waals surface area contributed by atoms with Gasteiger partial charge in [0.15, 0.2) is 0 Å². The number of nitrogens with zero attached hydrogens (tertiary/aromatic N) is 2. The van der Waals surface area contributed by atoms with E-state index in [1.165, 1.54) is 133 Å². The summed E-state index contributed by atoms with van der Waals surface area (Å²) in [6.07, 6.45) is 7.47. The van der Waals surface area contributed by atoms with E-state index in [1.54, 1.807) is 0 Å². The van der Waals surface area contributed by atoms with E-state index in [2.05, 4.69) is 213 Å². The number of hydrogen-bond donors (Lipinski definition) is 0. The number of rotatable bonds is 3. The first-order valence-electron chi connectivity index (χ1n) is 24.4. The van der Waals surface area contributed by atoms with Crippen LogP contribution in [0.3, 0.4) is 0 Å². The molecule has 2 heterocycles. The Balaban J connectivity index is 0.979. The Morgan fingerprint density at radius 2 is 0.938 bits per heavy atom. The molecule has 2 fully saturated rings. The van der Waals surface area contributed by atoms with E-state index in [-0.39, 0.29) is 38.2 Å². The molecule has 324 valence electrons. The van der Waals surface area contributed by atoms with Gasteiger partial charge in [-0.2, -0.15) is 0 Å². The van der Waals surface area contributed by atoms with Crippen LogP contribution in [0.1, 0.15) is 130 Å². The first kappa shape index (κ1) is 40.2. The van der Waals surface area contributed by atoms with Crippen molar-refractivity contribution in [2.75, 3.05) is 16.8 Å². The second kappa shape index (κ2) is 12.7. The van der Waals surface area contributed by atoms with Crippen molar-refractivity contribution in [3.63, 3.8) is 0 Å². The molecule has 0 aromatic heterocycles. The molecule has 2 nitrogen and oxygen atoms in total. The van der Waals surface area contributed by atoms with E-state index in [0.717, 1.165) is 0 Å². The summed E-state index contributed by atoms with van der Waals surface area (Å²) in [7, 11) is 2.35. The molecule has 0 bridgehead atoms. The summed E-state index contributed by atoms with van der Waals surface area (Å²) < 4.78 is 0. The van der Waals surface area contributed by atoms with Crippen molar-refractivity contribution in [2.45, 2.75) is 135 Å². The zero-order chi connectivity index (χ0) is 44.6. The van der Waals surface area contributed by atoms with Gasteiger partial charge in [0.2, 0.25) is 0 Å². The van der Waals surface area contributed by atoms with Crippen LogP contribution >= 0.6 is 0 Å². The van der Waals surface area contributed by atoms with Crippen molar-refractivity contribution in [2.24, 2.45) is 10.8 Å². The molecule has 4 atom stereocenters. The summed E-state index contributed by atoms with van der Waals surface area (Å²) >= 11 is 0. The summed E-state index contributed by atoms with van der Waals surface area (Å²) in [5, 5.41) is 5.42. The van der Waals surface area contributed by atoms with Crippen molar-refractivity contribution < 1.29 is 0 Å². The van der Waals surface area contributed by atoms with Gasteiger partial charge >= 0.3 is 0 Å². The van der Waals surface area contributed by atoms with Gasteiger partial charge in [-0.05, 0) is 176 Å². The number of benzene rings is 7. The molecular weight excluding hydrogens is 773 g/mol. The third-order valence-electron chi connectivity index (χ3n) is 19.9. The standard InChI is InChI=1S/C62H66N2/c1-56(2)31-17-33-59(7)50-37-42(25-29-52(50)63(11)61(56,59)9)40-24-28-47-49(36-40)58(5,6)55-46-27-23-39(35-48(46)44-21-15-16-22-45(44)54(47)55)41-26-30-53-51(38-41)60(8)34-18-32-57(3,4)62(60,10)64(53)43-19-13-12-14-20-43/h12-16,19-30,35-38H,17-18,31-34H2,1-11H3. The van der Waals surface area contributed by atoms with Gasteiger partial charge in [-0.15, -0.1) is 0 Å². The molecule has 0 N–H and O–H groups in total. The molecule has 2 saturated carbocycles. The van der Waals surface area contributed by atoms with Crippen LogP contribution in [0, 0.1) is 10.8 Å². The molecule has 2 heteroatoms. The molecular formula is C62H66N2. The Hall–Kier alpha value is -5.34. The molecule has 3 aliphatic carbocycles. The maximum absolute atomic E-state index is 2.71. The first-order chi connectivity index (χ1) is 30.4. The zero-order valence-electron chi connectivity index (χ0n) is 40.3. The fourth-order valence-corrected chi connectivity index (χ4v) is 15.6. The van der Waals surface area contributed by atoms with Gasteiger partial charge in [0.25, 0.3) is 0 Å². The number of para-hydroxylation sites is 1. The minimum atomic E-state index is -0.180. The molecule has 0 amide bonds. The van der Waals surface area contributed by atoms with Crippen LogP contribution in [0.15, 0.2) is 127 Å². The van der Waals surface area contributed by atoms with Gasteiger partial charge in [-0.1, -0.05) is 147 Å². The van der Waals surface area contributed by atoms with Crippen LogP contribution in [0.4, 0.5) is 17.1 Å². The summed E-state index contributed by atoms with van der Waals surface area (Å²) in [5.41, 5.74) is 18.4. The molecule has 7 aromatic carbocycles. The highest BCUT2D eigenvalue weighted by Crippen LogP contribution is 2.67. The minimum Gasteiger partial charge on any atom is -0.368 e. The van der Waals surface area contributed by atoms with Gasteiger partial charge in [0, 0.05) is 40.4 Å². The Bertz CT molecular complexity index is 3130. The molecule has 0 spiro atoms. The maximum atomic E-state index is 2.71. The summed E-state index contributed by atoms with van der Waals surface area (Å²) in [6.45, 7) is 25.2. The second-order valence-electron chi connectivity index (χ2n) is 23.4. The van der Waals surface area contributed by atoms with Gasteiger partial charge in [-0.3, -0.25) is 0 Å². The third kappa shape index (κ3) is 4.68. The SMILES string of the molecule is CN1c2ccc(-c3ccc4c(c3)C(C)(C)c3c-4c4ccccc4c4cc(-c5ccc6c(c5)C5(C)CCCC(C)(C)C5(C)N6c5ccccc5)ccc34)cc2C2(C)CCCC(C)(C)C12C. The van der Waals surface area contributed by atoms with E-state index in [9.17, 15) is 0 Å². The fraction of sp³-hybridized carbons (Fsp3) is 0.387. The van der Waals surface area contributed by atoms with Crippen molar-refractivity contribution in [1.82, 2.24) is 0 Å². The maximum Gasteiger partial charge on any atom is 0.0568 e. The molecule has 7 aromatic rings. The Labute approximate surface area is 382 Å². The predicted molar refractivity (Wildman–Crippen MR) is 274 cm³/mol. The molecule has 0 saturated heterocycles. The van der Waals surface area contributed by atoms with Crippen LogP contribution in [0.25, 0.3) is 54.9 Å². The van der Waals surface area contributed by atoms with Crippen LogP contribution in [0.2, 0.25) is 0 Å². The highest BCUT2D eigenvalue weighted by molar-refractivity contribution is 6.19. The molecule has 4 unspecified atom stereocenters. The van der Waals surface area contributed by atoms with Gasteiger partial charge in [0.05, 0.1) is 11.1 Å². The normalized spacial score (nSPS) is 27.8. The Morgan fingerprint density at radius 3 is 1.61 bits per heavy atom. The number of hydrogen-bond acceptors (Lipinski definition) is 2. The lowest BCUT2D eigenvalue weighted by atomic mass is 9.51. The van der Waals surface area contributed by atoms with Gasteiger partial charge in [-0.25, -0.2) is 0 Å². The summed E-state index contributed by atoms with van der Waals surface area (Å²) in [6, 6.07) is 50.0. The van der Waals surface area contributed by atoms with Crippen LogP contribution in [-0.2, 0) is 16.2 Å². The Morgan fingerprint density at radius 1 is 0.422 bits per heavy atom. The lowest BCUT2D eigenvalue weighted by Crippen LogP contribution is -2.64. The molecule has 0 radical (unpaired) electrons. The van der Waals surface area contributed by atoms with Gasteiger partial charge < -0.3 is 9.80 Å². The molecule has 12 rings (SSSR count). The third-order valence-corrected chi connectivity index (χ3v) is 19.9. The van der Waals surface area contributed by atoms with Crippen molar-refractivity contribution in [3.05, 3.63) is 150 Å². The first-order valence-corrected chi connectivity index (χ1v) is 24.4. The average Bonchev–Trinajstić information content (AvgIpc) is 3.73. The van der Waals surface area contributed by atoms with E-state index in [4.69, 9.17) is 0 Å². The van der Waals surface area contributed by atoms with E-state index >= 15 is 0 Å². The summed E-state index contributed by atoms with van der Waals surface area (Å²) in [4.78, 5) is 5.34. The lowest BCUT2D eigenvalue weighted by Gasteiger charge is -2.59. The zero-order valence-corrected chi connectivity index (χ0v) is 40.3. The quantitative estimate of drug-likeness (QED) is 0.164. The largest absolute Gasteiger partial charge is 0.368 e. The molecule has 5 aliphatic rings. The topological polar surface area (TPSA) is 6.48 Å². The second-order valence-corrected chi connectivity index (χ2v) is 23.4. The monoisotopic (exact) mass is 839 g/mol. The van der Waals surface area contributed by atoms with Crippen LogP contribution in [-0.4, -0.2) is 18.1 Å². The van der Waals surface area contributed by atoms with Crippen molar-refractivity contribution >= 4 is 38.6 Å². The Kier molecular flexibility index (Phi) is 7.98. The van der Waals surface area contributed by atoms with Crippen molar-refractivity contribution in [3.8, 4) is 33.4 Å². The van der Waals surface area contributed by atoms with E-state index < -0.39 is 0 Å². The average molecular weight is 839 g/mol. The highest BCUT2D eigenvalue weighted by atomic mass is 15.3. The molecule has 2 aliphatic heterocycles. The van der Waals surface area contributed by atoms with E-state index in [0.29, 0.717) is 0 Å². The number of likely N-dealkylation sites (N-methyl/N-ethyl adjacent to an activating group) is 1.